The molecule has 1 fully saturated rings. The van der Waals surface area contributed by atoms with Crippen LogP contribution in [0.5, 0.6) is 0 Å². The number of carbonyl (C=O) groups excluding carboxylic acids is 1. The number of nitrogens with zero attached hydrogens (tertiary/aromatic N) is 4. The van der Waals surface area contributed by atoms with Gasteiger partial charge in [0.2, 0.25) is 5.95 Å². The molecule has 8 nitrogen and oxygen atoms in total. The first-order valence-corrected chi connectivity index (χ1v) is 8.30. The molecular formula is C18H18N6O2. The number of hydrogen-bond donors (Lipinski definition) is 2. The van der Waals surface area contributed by atoms with E-state index in [4.69, 9.17) is 4.74 Å². The van der Waals surface area contributed by atoms with E-state index in [0.717, 1.165) is 22.5 Å². The second-order valence-electron chi connectivity index (χ2n) is 6.09. The molecule has 0 bridgehead atoms. The first-order chi connectivity index (χ1) is 12.7. The van der Waals surface area contributed by atoms with E-state index in [0.29, 0.717) is 19.0 Å². The van der Waals surface area contributed by atoms with Crippen molar-refractivity contribution in [3.8, 4) is 11.1 Å². The number of anilines is 2. The van der Waals surface area contributed by atoms with E-state index >= 15 is 0 Å². The zero-order valence-electron chi connectivity index (χ0n) is 14.2. The highest BCUT2D eigenvalue weighted by atomic mass is 16.6. The largest absolute Gasteiger partial charge is 0.442 e. The van der Waals surface area contributed by atoms with Crippen LogP contribution in [0.4, 0.5) is 16.4 Å². The van der Waals surface area contributed by atoms with Gasteiger partial charge in [0.25, 0.3) is 0 Å². The summed E-state index contributed by atoms with van der Waals surface area (Å²) >= 11 is 0. The third-order valence-electron chi connectivity index (χ3n) is 4.02. The minimum Gasteiger partial charge on any atom is -0.442 e. The number of aryl methyl sites for hydroxylation is 1. The smallest absolute Gasteiger partial charge is 0.407 e. The molecule has 2 N–H and O–H groups in total. The lowest BCUT2D eigenvalue weighted by Crippen LogP contribution is -2.20. The minimum atomic E-state index is -0.375. The standard InChI is InChI=1S/C18H18N6O2/c1-12-5-6-19-17(22-12)23-15-4-2-3-13(7-15)14-8-21-24(10-14)11-16-9-20-18(25)26-16/h2-8,10,16H,9,11H2,1H3,(H,20,25)(H,19,22,23). The third-order valence-corrected chi connectivity index (χ3v) is 4.02. The molecule has 1 aliphatic heterocycles. The van der Waals surface area contributed by atoms with Gasteiger partial charge in [-0.3, -0.25) is 4.68 Å². The van der Waals surface area contributed by atoms with Crippen LogP contribution < -0.4 is 10.6 Å². The molecule has 26 heavy (non-hydrogen) atoms. The van der Waals surface area contributed by atoms with Crippen LogP contribution in [0, 0.1) is 6.92 Å². The molecule has 1 amide bonds. The number of alkyl carbamates (subject to hydrolysis) is 1. The van der Waals surface area contributed by atoms with Crippen molar-refractivity contribution >= 4 is 17.7 Å². The van der Waals surface area contributed by atoms with Gasteiger partial charge in [0, 0.05) is 29.3 Å². The van der Waals surface area contributed by atoms with Crippen LogP contribution >= 0.6 is 0 Å². The summed E-state index contributed by atoms with van der Waals surface area (Å²) in [6, 6.07) is 9.81. The number of rotatable bonds is 5. The SMILES string of the molecule is Cc1ccnc(Nc2cccc(-c3cnn(CC4CNC(=O)O4)c3)c2)n1. The lowest BCUT2D eigenvalue weighted by molar-refractivity contribution is 0.129. The Morgan fingerprint density at radius 3 is 3.08 bits per heavy atom. The first-order valence-electron chi connectivity index (χ1n) is 8.30. The van der Waals surface area contributed by atoms with E-state index < -0.39 is 0 Å². The second-order valence-corrected chi connectivity index (χ2v) is 6.09. The maximum absolute atomic E-state index is 11.1. The summed E-state index contributed by atoms with van der Waals surface area (Å²) in [7, 11) is 0. The van der Waals surface area contributed by atoms with Gasteiger partial charge in [-0.05, 0) is 30.7 Å². The van der Waals surface area contributed by atoms with E-state index in [1.54, 1.807) is 17.1 Å². The Kier molecular flexibility index (Phi) is 4.22. The van der Waals surface area contributed by atoms with Gasteiger partial charge in [0.15, 0.2) is 0 Å². The lowest BCUT2D eigenvalue weighted by Gasteiger charge is -2.07. The molecule has 1 saturated heterocycles. The second kappa shape index (κ2) is 6.83. The van der Waals surface area contributed by atoms with Crippen molar-refractivity contribution in [2.45, 2.75) is 19.6 Å². The molecular weight excluding hydrogens is 332 g/mol. The predicted octanol–water partition coefficient (Wildman–Crippen LogP) is 2.50. The molecule has 0 spiro atoms. The molecule has 1 aromatic carbocycles. The highest BCUT2D eigenvalue weighted by Crippen LogP contribution is 2.23. The van der Waals surface area contributed by atoms with Crippen molar-refractivity contribution in [3.63, 3.8) is 0 Å². The lowest BCUT2D eigenvalue weighted by atomic mass is 10.1. The summed E-state index contributed by atoms with van der Waals surface area (Å²) in [6.07, 6.45) is 4.89. The summed E-state index contributed by atoms with van der Waals surface area (Å²) in [6.45, 7) is 2.95. The number of ether oxygens (including phenoxy) is 1. The molecule has 2 aromatic heterocycles. The summed E-state index contributed by atoms with van der Waals surface area (Å²) in [5.74, 6) is 0.563. The molecule has 8 heteroatoms. The molecule has 3 heterocycles. The number of aromatic nitrogens is 4. The van der Waals surface area contributed by atoms with E-state index in [-0.39, 0.29) is 12.2 Å². The molecule has 3 aromatic rings. The van der Waals surface area contributed by atoms with Gasteiger partial charge in [-0.15, -0.1) is 0 Å². The van der Waals surface area contributed by atoms with Gasteiger partial charge < -0.3 is 15.4 Å². The Balaban J connectivity index is 1.49. The van der Waals surface area contributed by atoms with Crippen LogP contribution in [0.25, 0.3) is 11.1 Å². The van der Waals surface area contributed by atoms with Crippen LogP contribution in [0.15, 0.2) is 48.9 Å². The van der Waals surface area contributed by atoms with Gasteiger partial charge in [-0.1, -0.05) is 12.1 Å². The predicted molar refractivity (Wildman–Crippen MR) is 96.0 cm³/mol. The molecule has 0 saturated carbocycles. The van der Waals surface area contributed by atoms with Crippen LogP contribution in [0.1, 0.15) is 5.69 Å². The molecule has 1 aliphatic rings. The average Bonchev–Trinajstić information content (AvgIpc) is 3.25. The fourth-order valence-corrected chi connectivity index (χ4v) is 2.77. The van der Waals surface area contributed by atoms with Crippen molar-refractivity contribution in [1.29, 1.82) is 0 Å². The number of cyclic esters (lactones) is 1. The van der Waals surface area contributed by atoms with E-state index in [1.807, 2.05) is 43.5 Å². The van der Waals surface area contributed by atoms with Crippen molar-refractivity contribution in [2.75, 3.05) is 11.9 Å². The van der Waals surface area contributed by atoms with Crippen molar-refractivity contribution in [2.24, 2.45) is 0 Å². The Labute approximate surface area is 150 Å². The molecule has 132 valence electrons. The molecule has 1 unspecified atom stereocenters. The van der Waals surface area contributed by atoms with Crippen molar-refractivity contribution < 1.29 is 9.53 Å². The van der Waals surface area contributed by atoms with Crippen LogP contribution in [0.2, 0.25) is 0 Å². The number of amides is 1. The first kappa shape index (κ1) is 16.1. The van der Waals surface area contributed by atoms with Gasteiger partial charge in [0.05, 0.1) is 19.3 Å². The Bertz CT molecular complexity index is 939. The Hall–Kier alpha value is -3.42. The topological polar surface area (TPSA) is 94.0 Å². The maximum atomic E-state index is 11.1. The van der Waals surface area contributed by atoms with Gasteiger partial charge >= 0.3 is 6.09 Å². The molecule has 1 atom stereocenters. The third kappa shape index (κ3) is 3.64. The van der Waals surface area contributed by atoms with Gasteiger partial charge in [-0.2, -0.15) is 5.10 Å². The normalized spacial score (nSPS) is 16.2. The average molecular weight is 350 g/mol. The molecule has 0 radical (unpaired) electrons. The highest BCUT2D eigenvalue weighted by Gasteiger charge is 2.23. The fourth-order valence-electron chi connectivity index (χ4n) is 2.77. The van der Waals surface area contributed by atoms with Crippen LogP contribution in [0.3, 0.4) is 0 Å². The van der Waals surface area contributed by atoms with E-state index in [2.05, 4.69) is 25.7 Å². The monoisotopic (exact) mass is 350 g/mol. The van der Waals surface area contributed by atoms with E-state index in [1.165, 1.54) is 0 Å². The number of hydrogen-bond acceptors (Lipinski definition) is 6. The fraction of sp³-hybridized carbons (Fsp3) is 0.222. The van der Waals surface area contributed by atoms with Crippen molar-refractivity contribution in [3.05, 3.63) is 54.6 Å². The molecule has 0 aliphatic carbocycles. The maximum Gasteiger partial charge on any atom is 0.407 e. The van der Waals surface area contributed by atoms with Crippen molar-refractivity contribution in [1.82, 2.24) is 25.1 Å². The van der Waals surface area contributed by atoms with Crippen LogP contribution in [-0.4, -0.2) is 38.5 Å². The molecule has 4 rings (SSSR count). The summed E-state index contributed by atoms with van der Waals surface area (Å²) < 4.78 is 6.92. The quantitative estimate of drug-likeness (QED) is 0.734. The number of carbonyl (C=O) groups is 1. The summed E-state index contributed by atoms with van der Waals surface area (Å²) in [5, 5.41) is 10.2. The summed E-state index contributed by atoms with van der Waals surface area (Å²) in [4.78, 5) is 19.7. The van der Waals surface area contributed by atoms with E-state index in [9.17, 15) is 4.79 Å². The van der Waals surface area contributed by atoms with Crippen LogP contribution in [-0.2, 0) is 11.3 Å². The van der Waals surface area contributed by atoms with Gasteiger partial charge in [-0.25, -0.2) is 14.8 Å². The summed E-state index contributed by atoms with van der Waals surface area (Å²) in [5.41, 5.74) is 3.81. The Morgan fingerprint density at radius 2 is 2.27 bits per heavy atom. The zero-order valence-corrected chi connectivity index (χ0v) is 14.2. The minimum absolute atomic E-state index is 0.193. The highest BCUT2D eigenvalue weighted by molar-refractivity contribution is 5.69. The zero-order chi connectivity index (χ0) is 17.9. The number of benzene rings is 1. The Morgan fingerprint density at radius 1 is 1.35 bits per heavy atom. The van der Waals surface area contributed by atoms with Gasteiger partial charge in [0.1, 0.15) is 6.10 Å². The number of nitrogens with one attached hydrogen (secondary N) is 2.